The lowest BCUT2D eigenvalue weighted by molar-refractivity contribution is -0.388. The zero-order chi connectivity index (χ0) is 14.5. The molecule has 104 valence electrons. The Morgan fingerprint density at radius 2 is 2.25 bits per heavy atom. The van der Waals surface area contributed by atoms with Crippen molar-refractivity contribution in [1.29, 1.82) is 0 Å². The third kappa shape index (κ3) is 3.15. The average molecular weight is 292 g/mol. The highest BCUT2D eigenvalue weighted by atomic mass is 32.2. The van der Waals surface area contributed by atoms with Gasteiger partial charge < -0.3 is 10.1 Å². The summed E-state index contributed by atoms with van der Waals surface area (Å²) in [6, 6.07) is 7.23. The number of anilines is 1. The van der Waals surface area contributed by atoms with Gasteiger partial charge in [-0.15, -0.1) is 0 Å². The van der Waals surface area contributed by atoms with E-state index in [9.17, 15) is 10.1 Å². The summed E-state index contributed by atoms with van der Waals surface area (Å²) in [4.78, 5) is 19.3. The SMILES string of the molecule is CNc1ncc([N+](=O)[O-])c(Sc2cccc(OC)c2)n1. The van der Waals surface area contributed by atoms with Crippen LogP contribution < -0.4 is 10.1 Å². The smallest absolute Gasteiger partial charge is 0.320 e. The van der Waals surface area contributed by atoms with E-state index in [2.05, 4.69) is 15.3 Å². The van der Waals surface area contributed by atoms with E-state index in [1.54, 1.807) is 26.3 Å². The molecule has 2 rings (SSSR count). The number of rotatable bonds is 5. The highest BCUT2D eigenvalue weighted by molar-refractivity contribution is 7.99. The van der Waals surface area contributed by atoms with Gasteiger partial charge in [-0.25, -0.2) is 4.98 Å². The number of hydrogen-bond acceptors (Lipinski definition) is 7. The molecule has 0 aliphatic carbocycles. The van der Waals surface area contributed by atoms with Crippen molar-refractivity contribution in [3.63, 3.8) is 0 Å². The highest BCUT2D eigenvalue weighted by Gasteiger charge is 2.18. The van der Waals surface area contributed by atoms with Gasteiger partial charge in [0, 0.05) is 11.9 Å². The Labute approximate surface area is 119 Å². The highest BCUT2D eigenvalue weighted by Crippen LogP contribution is 2.34. The van der Waals surface area contributed by atoms with E-state index in [1.165, 1.54) is 18.0 Å². The minimum Gasteiger partial charge on any atom is -0.497 e. The Hall–Kier alpha value is -2.35. The molecule has 8 heteroatoms. The molecule has 0 aliphatic rings. The molecule has 0 saturated heterocycles. The number of nitrogens with one attached hydrogen (secondary N) is 1. The molecule has 1 aromatic carbocycles. The first-order chi connectivity index (χ1) is 9.63. The van der Waals surface area contributed by atoms with Crippen LogP contribution in [-0.2, 0) is 0 Å². The van der Waals surface area contributed by atoms with E-state index >= 15 is 0 Å². The van der Waals surface area contributed by atoms with Gasteiger partial charge in [-0.1, -0.05) is 17.8 Å². The molecular formula is C12H12N4O3S. The minimum atomic E-state index is -0.498. The van der Waals surface area contributed by atoms with E-state index < -0.39 is 4.92 Å². The van der Waals surface area contributed by atoms with Crippen molar-refractivity contribution in [2.45, 2.75) is 9.92 Å². The predicted molar refractivity (Wildman–Crippen MR) is 75.4 cm³/mol. The lowest BCUT2D eigenvalue weighted by atomic mass is 10.3. The van der Waals surface area contributed by atoms with Gasteiger partial charge in [-0.3, -0.25) is 10.1 Å². The first-order valence-electron chi connectivity index (χ1n) is 5.65. The zero-order valence-electron chi connectivity index (χ0n) is 10.9. The molecule has 1 aromatic heterocycles. The van der Waals surface area contributed by atoms with E-state index in [4.69, 9.17) is 4.74 Å². The molecule has 7 nitrogen and oxygen atoms in total. The molecule has 20 heavy (non-hydrogen) atoms. The summed E-state index contributed by atoms with van der Waals surface area (Å²) < 4.78 is 5.12. The maximum Gasteiger partial charge on any atom is 0.320 e. The molecule has 0 aliphatic heterocycles. The Morgan fingerprint density at radius 1 is 1.45 bits per heavy atom. The van der Waals surface area contributed by atoms with Crippen molar-refractivity contribution < 1.29 is 9.66 Å². The van der Waals surface area contributed by atoms with Crippen molar-refractivity contribution in [1.82, 2.24) is 9.97 Å². The molecule has 1 heterocycles. The van der Waals surface area contributed by atoms with Gasteiger partial charge in [0.15, 0.2) is 5.03 Å². The number of benzene rings is 1. The number of ether oxygens (including phenoxy) is 1. The predicted octanol–water partition coefficient (Wildman–Crippen LogP) is 2.59. The fraction of sp³-hybridized carbons (Fsp3) is 0.167. The second-order valence-corrected chi connectivity index (χ2v) is 4.73. The Morgan fingerprint density at radius 3 is 2.90 bits per heavy atom. The summed E-state index contributed by atoms with van der Waals surface area (Å²) in [5.74, 6) is 1.02. The summed E-state index contributed by atoms with van der Waals surface area (Å²) in [6.07, 6.45) is 1.20. The van der Waals surface area contributed by atoms with Crippen LogP contribution in [0, 0.1) is 10.1 Å². The van der Waals surface area contributed by atoms with Crippen LogP contribution >= 0.6 is 11.8 Å². The van der Waals surface area contributed by atoms with Crippen molar-refractivity contribution in [3.05, 3.63) is 40.6 Å². The minimum absolute atomic E-state index is 0.128. The first-order valence-corrected chi connectivity index (χ1v) is 6.46. The second-order valence-electron chi connectivity index (χ2n) is 3.67. The molecular weight excluding hydrogens is 280 g/mol. The van der Waals surface area contributed by atoms with Crippen LogP contribution in [-0.4, -0.2) is 29.0 Å². The molecule has 2 aromatic rings. The van der Waals surface area contributed by atoms with E-state index in [0.29, 0.717) is 11.7 Å². The second kappa shape index (κ2) is 6.20. The molecule has 0 amide bonds. The van der Waals surface area contributed by atoms with Gasteiger partial charge in [0.05, 0.1) is 12.0 Å². The van der Waals surface area contributed by atoms with Crippen LogP contribution in [0.5, 0.6) is 5.75 Å². The van der Waals surface area contributed by atoms with Gasteiger partial charge in [0.1, 0.15) is 11.9 Å². The zero-order valence-corrected chi connectivity index (χ0v) is 11.7. The maximum absolute atomic E-state index is 11.0. The third-order valence-corrected chi connectivity index (χ3v) is 3.40. The van der Waals surface area contributed by atoms with Gasteiger partial charge in [-0.2, -0.15) is 4.98 Å². The number of aromatic nitrogens is 2. The van der Waals surface area contributed by atoms with E-state index in [0.717, 1.165) is 4.90 Å². The largest absolute Gasteiger partial charge is 0.497 e. The monoisotopic (exact) mass is 292 g/mol. The standard InChI is InChI=1S/C12H12N4O3S/c1-13-12-14-7-10(16(17)18)11(15-12)20-9-5-3-4-8(6-9)19-2/h3-7H,1-2H3,(H,13,14,15). The van der Waals surface area contributed by atoms with Crippen molar-refractivity contribution in [3.8, 4) is 5.75 Å². The molecule has 0 fully saturated rings. The molecule has 0 bridgehead atoms. The molecule has 1 N–H and O–H groups in total. The van der Waals surface area contributed by atoms with Crippen molar-refractivity contribution in [2.75, 3.05) is 19.5 Å². The van der Waals surface area contributed by atoms with Crippen LogP contribution in [0.3, 0.4) is 0 Å². The maximum atomic E-state index is 11.0. The normalized spacial score (nSPS) is 10.1. The fourth-order valence-electron chi connectivity index (χ4n) is 1.46. The van der Waals surface area contributed by atoms with Gasteiger partial charge in [0.25, 0.3) is 0 Å². The molecule has 0 radical (unpaired) electrons. The summed E-state index contributed by atoms with van der Waals surface area (Å²) in [5.41, 5.74) is -0.128. The quantitative estimate of drug-likeness (QED) is 0.514. The van der Waals surface area contributed by atoms with Crippen LogP contribution in [0.1, 0.15) is 0 Å². The number of nitro groups is 1. The molecule has 0 saturated carbocycles. The fourth-order valence-corrected chi connectivity index (χ4v) is 2.37. The van der Waals surface area contributed by atoms with E-state index in [1.807, 2.05) is 12.1 Å². The summed E-state index contributed by atoms with van der Waals surface area (Å²) in [5, 5.41) is 14.0. The topological polar surface area (TPSA) is 90.2 Å². The summed E-state index contributed by atoms with van der Waals surface area (Å²) >= 11 is 1.19. The Bertz CT molecular complexity index is 636. The number of nitrogens with zero attached hydrogens (tertiary/aromatic N) is 3. The number of hydrogen-bond donors (Lipinski definition) is 1. The third-order valence-electron chi connectivity index (χ3n) is 2.41. The van der Waals surface area contributed by atoms with E-state index in [-0.39, 0.29) is 10.7 Å². The summed E-state index contributed by atoms with van der Waals surface area (Å²) in [6.45, 7) is 0. The van der Waals surface area contributed by atoms with Gasteiger partial charge in [0.2, 0.25) is 5.95 Å². The summed E-state index contributed by atoms with van der Waals surface area (Å²) in [7, 11) is 3.22. The van der Waals surface area contributed by atoms with Crippen LogP contribution in [0.2, 0.25) is 0 Å². The molecule has 0 atom stereocenters. The average Bonchev–Trinajstić information content (AvgIpc) is 2.47. The Balaban J connectivity index is 2.37. The molecule has 0 spiro atoms. The van der Waals surface area contributed by atoms with Crippen molar-refractivity contribution >= 4 is 23.4 Å². The van der Waals surface area contributed by atoms with Crippen LogP contribution in [0.15, 0.2) is 40.4 Å². The van der Waals surface area contributed by atoms with Crippen LogP contribution in [0.25, 0.3) is 0 Å². The lowest BCUT2D eigenvalue weighted by Crippen LogP contribution is -2.00. The lowest BCUT2D eigenvalue weighted by Gasteiger charge is -2.05. The number of methoxy groups -OCH3 is 1. The van der Waals surface area contributed by atoms with Crippen molar-refractivity contribution in [2.24, 2.45) is 0 Å². The first kappa shape index (κ1) is 14.1. The van der Waals surface area contributed by atoms with Gasteiger partial charge >= 0.3 is 5.69 Å². The Kier molecular flexibility index (Phi) is 4.36. The molecule has 0 unspecified atom stereocenters. The van der Waals surface area contributed by atoms with Gasteiger partial charge in [-0.05, 0) is 18.2 Å². The van der Waals surface area contributed by atoms with Crippen LogP contribution in [0.4, 0.5) is 11.6 Å².